The van der Waals surface area contributed by atoms with Gasteiger partial charge in [-0.05, 0) is 85.9 Å². The van der Waals surface area contributed by atoms with E-state index in [1.807, 2.05) is 0 Å². The van der Waals surface area contributed by atoms with Gasteiger partial charge in [0, 0.05) is 18.8 Å². The second kappa shape index (κ2) is 7.23. The Labute approximate surface area is 169 Å². The molecule has 28 heavy (non-hydrogen) atoms. The summed E-state index contributed by atoms with van der Waals surface area (Å²) in [6, 6.07) is 0. The van der Waals surface area contributed by atoms with Crippen LogP contribution < -0.4 is 0 Å². The Morgan fingerprint density at radius 1 is 1.00 bits per heavy atom. The van der Waals surface area contributed by atoms with Crippen LogP contribution in [0.25, 0.3) is 0 Å². The molecule has 160 valence electrons. The maximum absolute atomic E-state index is 15.3. The van der Waals surface area contributed by atoms with Gasteiger partial charge in [0.05, 0.1) is 7.11 Å². The van der Waals surface area contributed by atoms with Crippen molar-refractivity contribution in [2.45, 2.75) is 96.8 Å². The number of carbonyl (C=O) groups excluding carboxylic acids is 1. The molecule has 0 N–H and O–H groups in total. The minimum absolute atomic E-state index is 0.132. The highest BCUT2D eigenvalue weighted by Gasteiger charge is 2.66. The Morgan fingerprint density at radius 2 is 1.75 bits per heavy atom. The van der Waals surface area contributed by atoms with E-state index in [0.717, 1.165) is 57.8 Å². The summed E-state index contributed by atoms with van der Waals surface area (Å²) in [5, 5.41) is 0. The zero-order valence-electron chi connectivity index (χ0n) is 17.9. The van der Waals surface area contributed by atoms with Crippen molar-refractivity contribution in [3.63, 3.8) is 0 Å². The van der Waals surface area contributed by atoms with Gasteiger partial charge in [-0.3, -0.25) is 4.79 Å². The van der Waals surface area contributed by atoms with Crippen molar-refractivity contribution in [3.05, 3.63) is 0 Å². The average Bonchev–Trinajstić information content (AvgIpc) is 2.98. The number of methoxy groups -OCH3 is 1. The minimum atomic E-state index is -2.49. The summed E-state index contributed by atoms with van der Waals surface area (Å²) in [4.78, 5) is 11.5. The van der Waals surface area contributed by atoms with Crippen LogP contribution in [0.4, 0.5) is 8.78 Å². The molecule has 4 saturated carbocycles. The molecular formula is C24H38F2O2. The maximum atomic E-state index is 15.3. The molecule has 7 atom stereocenters. The molecule has 0 amide bonds. The molecule has 0 radical (unpaired) electrons. The highest BCUT2D eigenvalue weighted by atomic mass is 19.3. The lowest BCUT2D eigenvalue weighted by Gasteiger charge is -2.62. The Balaban J connectivity index is 1.52. The maximum Gasteiger partial charge on any atom is 0.305 e. The lowest BCUT2D eigenvalue weighted by molar-refractivity contribution is -0.224. The van der Waals surface area contributed by atoms with E-state index in [4.69, 9.17) is 4.74 Å². The topological polar surface area (TPSA) is 26.3 Å². The number of hydrogen-bond acceptors (Lipinski definition) is 2. The fourth-order valence-electron chi connectivity index (χ4n) is 8.52. The number of hydrogen-bond donors (Lipinski definition) is 0. The zero-order valence-corrected chi connectivity index (χ0v) is 17.9. The van der Waals surface area contributed by atoms with E-state index in [1.165, 1.54) is 13.5 Å². The van der Waals surface area contributed by atoms with Crippen LogP contribution in [0.5, 0.6) is 0 Å². The van der Waals surface area contributed by atoms with Gasteiger partial charge >= 0.3 is 5.97 Å². The molecule has 0 bridgehead atoms. The normalized spacial score (nSPS) is 47.0. The third kappa shape index (κ3) is 3.12. The van der Waals surface area contributed by atoms with Crippen LogP contribution in [0.15, 0.2) is 0 Å². The van der Waals surface area contributed by atoms with E-state index >= 15 is 8.78 Å². The minimum Gasteiger partial charge on any atom is -0.469 e. The molecule has 4 heteroatoms. The lowest BCUT2D eigenvalue weighted by Crippen LogP contribution is -2.59. The van der Waals surface area contributed by atoms with Gasteiger partial charge < -0.3 is 4.74 Å². The molecule has 0 saturated heterocycles. The summed E-state index contributed by atoms with van der Waals surface area (Å²) in [6.45, 7) is 4.60. The van der Waals surface area contributed by atoms with Crippen molar-refractivity contribution in [2.75, 3.05) is 7.11 Å². The Bertz CT molecular complexity index is 605. The molecule has 2 nitrogen and oxygen atoms in total. The van der Waals surface area contributed by atoms with Gasteiger partial charge in [0.2, 0.25) is 0 Å². The third-order valence-electron chi connectivity index (χ3n) is 9.91. The smallest absolute Gasteiger partial charge is 0.305 e. The van der Waals surface area contributed by atoms with Gasteiger partial charge in [-0.1, -0.05) is 26.7 Å². The largest absolute Gasteiger partial charge is 0.469 e. The first kappa shape index (κ1) is 20.6. The molecular weight excluding hydrogens is 358 g/mol. The number of fused-ring (bicyclic) bond motifs is 5. The van der Waals surface area contributed by atoms with Crippen LogP contribution >= 0.6 is 0 Å². The summed E-state index contributed by atoms with van der Waals surface area (Å²) in [5.41, 5.74) is 0.0280. The van der Waals surface area contributed by atoms with Crippen molar-refractivity contribution >= 4 is 5.97 Å². The van der Waals surface area contributed by atoms with E-state index in [9.17, 15) is 4.79 Å². The van der Waals surface area contributed by atoms with Gasteiger partial charge in [-0.15, -0.1) is 0 Å². The molecule has 0 spiro atoms. The van der Waals surface area contributed by atoms with Gasteiger partial charge in [-0.2, -0.15) is 0 Å². The van der Waals surface area contributed by atoms with Crippen molar-refractivity contribution in [1.82, 2.24) is 0 Å². The zero-order chi connectivity index (χ0) is 20.2. The monoisotopic (exact) mass is 396 g/mol. The average molecular weight is 397 g/mol. The van der Waals surface area contributed by atoms with Crippen molar-refractivity contribution in [3.8, 4) is 0 Å². The van der Waals surface area contributed by atoms with Crippen LogP contribution in [-0.4, -0.2) is 19.0 Å². The molecule has 4 fully saturated rings. The molecule has 7 unspecified atom stereocenters. The fraction of sp³-hybridized carbons (Fsp3) is 0.958. The molecule has 0 aromatic rings. The number of ether oxygens (including phenoxy) is 1. The first-order valence-corrected chi connectivity index (χ1v) is 11.7. The van der Waals surface area contributed by atoms with E-state index in [2.05, 4.69) is 13.8 Å². The summed E-state index contributed by atoms with van der Waals surface area (Å²) < 4.78 is 35.4. The van der Waals surface area contributed by atoms with Crippen molar-refractivity contribution < 1.29 is 18.3 Å². The summed E-state index contributed by atoms with van der Waals surface area (Å²) in [5.74, 6) is -1.31. The standard InChI is InChI=1S/C24H38F2O2/c1-22-14-12-19-17(15-24(25,26)20-8-4-5-13-23(19,20)2)18(22)11-10-16(22)7-6-9-21(27)28-3/h16-20H,4-15H2,1-3H3. The molecule has 0 aromatic carbocycles. The predicted octanol–water partition coefficient (Wildman–Crippen LogP) is 6.62. The quantitative estimate of drug-likeness (QED) is 0.499. The molecule has 4 aliphatic rings. The number of halogens is 2. The second-order valence-corrected chi connectivity index (χ2v) is 10.9. The van der Waals surface area contributed by atoms with E-state index in [0.29, 0.717) is 24.2 Å². The number of esters is 1. The molecule has 4 aliphatic carbocycles. The molecule has 0 aromatic heterocycles. The van der Waals surface area contributed by atoms with Crippen LogP contribution in [-0.2, 0) is 9.53 Å². The summed E-state index contributed by atoms with van der Waals surface area (Å²) in [7, 11) is 1.44. The number of alkyl halides is 2. The highest BCUT2D eigenvalue weighted by molar-refractivity contribution is 5.68. The van der Waals surface area contributed by atoms with Crippen LogP contribution in [0.2, 0.25) is 0 Å². The first-order valence-electron chi connectivity index (χ1n) is 11.7. The third-order valence-corrected chi connectivity index (χ3v) is 9.91. The first-order chi connectivity index (χ1) is 13.2. The van der Waals surface area contributed by atoms with Crippen LogP contribution in [0.1, 0.15) is 90.9 Å². The fourth-order valence-corrected chi connectivity index (χ4v) is 8.52. The summed E-state index contributed by atoms with van der Waals surface area (Å²) in [6.07, 6.45) is 10.9. The molecule has 4 rings (SSSR count). The highest BCUT2D eigenvalue weighted by Crippen LogP contribution is 2.70. The van der Waals surface area contributed by atoms with Crippen LogP contribution in [0, 0.1) is 40.4 Å². The van der Waals surface area contributed by atoms with Gasteiger partial charge in [-0.25, -0.2) is 8.78 Å². The molecule has 0 aliphatic heterocycles. The second-order valence-electron chi connectivity index (χ2n) is 10.9. The Hall–Kier alpha value is -0.670. The van der Waals surface area contributed by atoms with Gasteiger partial charge in [0.25, 0.3) is 5.92 Å². The Morgan fingerprint density at radius 3 is 2.50 bits per heavy atom. The SMILES string of the molecule is COC(=O)CCCC1CCC2C3CC(F)(F)C4CCCCC4(C)C3CCC12C. The lowest BCUT2D eigenvalue weighted by atomic mass is 9.44. The van der Waals surface area contributed by atoms with E-state index in [-0.39, 0.29) is 29.1 Å². The van der Waals surface area contributed by atoms with Gasteiger partial charge in [0.1, 0.15) is 0 Å². The Kier molecular flexibility index (Phi) is 5.32. The summed E-state index contributed by atoms with van der Waals surface area (Å²) >= 11 is 0. The van der Waals surface area contributed by atoms with Crippen molar-refractivity contribution in [2.24, 2.45) is 40.4 Å². The van der Waals surface area contributed by atoms with Crippen molar-refractivity contribution in [1.29, 1.82) is 0 Å². The van der Waals surface area contributed by atoms with Crippen LogP contribution in [0.3, 0.4) is 0 Å². The number of carbonyl (C=O) groups is 1. The number of rotatable bonds is 4. The predicted molar refractivity (Wildman–Crippen MR) is 106 cm³/mol. The van der Waals surface area contributed by atoms with E-state index in [1.54, 1.807) is 0 Å². The van der Waals surface area contributed by atoms with Gasteiger partial charge in [0.15, 0.2) is 0 Å². The molecule has 0 heterocycles. The van der Waals surface area contributed by atoms with E-state index < -0.39 is 11.8 Å².